The summed E-state index contributed by atoms with van der Waals surface area (Å²) in [5, 5.41) is 6.42. The maximum Gasteiger partial charge on any atom is 0.416 e. The number of benzene rings is 1. The first-order valence-corrected chi connectivity index (χ1v) is 9.94. The summed E-state index contributed by atoms with van der Waals surface area (Å²) in [4.78, 5) is 20.5. The molecule has 3 heterocycles. The number of oxazole rings is 1. The molecule has 182 valence electrons. The Bertz CT molecular complexity index is 1340. The summed E-state index contributed by atoms with van der Waals surface area (Å²) in [6.45, 7) is 1.34. The Kier molecular flexibility index (Phi) is 6.09. The maximum atomic E-state index is 13.5. The molecule has 0 radical (unpaired) electrons. The lowest BCUT2D eigenvalue weighted by Gasteiger charge is -2.20. The molecule has 0 saturated carbocycles. The molecule has 0 spiro atoms. The van der Waals surface area contributed by atoms with Gasteiger partial charge in [0.15, 0.2) is 0 Å². The van der Waals surface area contributed by atoms with Crippen molar-refractivity contribution in [1.82, 2.24) is 19.7 Å². The van der Waals surface area contributed by atoms with Gasteiger partial charge in [0.1, 0.15) is 5.69 Å². The Morgan fingerprint density at radius 2 is 1.80 bits per heavy atom. The Morgan fingerprint density at radius 1 is 1.03 bits per heavy atom. The van der Waals surface area contributed by atoms with E-state index in [1.54, 1.807) is 18.2 Å². The van der Waals surface area contributed by atoms with Crippen LogP contribution in [-0.4, -0.2) is 25.7 Å². The number of rotatable bonds is 5. The number of carbonyl (C=O) groups is 1. The number of anilines is 1. The normalized spacial score (nSPS) is 13.0. The number of nitrogens with one attached hydrogen (secondary N) is 1. The lowest BCUT2D eigenvalue weighted by Crippen LogP contribution is -2.17. The van der Waals surface area contributed by atoms with Gasteiger partial charge in [-0.05, 0) is 36.8 Å². The molecule has 0 aliphatic rings. The van der Waals surface area contributed by atoms with Crippen molar-refractivity contribution in [3.8, 4) is 11.6 Å². The lowest BCUT2D eigenvalue weighted by molar-refractivity contribution is -0.143. The SMILES string of the molecule is CC(c1ccc(C(F)(F)F)cc1C(F)(F)F)n1cc(NC(=O)c2cnc(-c3ccccn3)o2)cn1. The second-order valence-corrected chi connectivity index (χ2v) is 7.38. The van der Waals surface area contributed by atoms with Crippen molar-refractivity contribution in [2.75, 3.05) is 5.32 Å². The fourth-order valence-electron chi connectivity index (χ4n) is 3.28. The van der Waals surface area contributed by atoms with E-state index >= 15 is 0 Å². The molecule has 0 bridgehead atoms. The first kappa shape index (κ1) is 24.0. The number of hydrogen-bond donors (Lipinski definition) is 1. The van der Waals surface area contributed by atoms with Gasteiger partial charge in [-0.15, -0.1) is 0 Å². The summed E-state index contributed by atoms with van der Waals surface area (Å²) in [5.41, 5.74) is -2.72. The summed E-state index contributed by atoms with van der Waals surface area (Å²) in [5.74, 6) is -0.729. The monoisotopic (exact) mass is 495 g/mol. The molecule has 0 saturated heterocycles. The number of aromatic nitrogens is 4. The molecule has 35 heavy (non-hydrogen) atoms. The van der Waals surface area contributed by atoms with Crippen LogP contribution in [-0.2, 0) is 12.4 Å². The van der Waals surface area contributed by atoms with Gasteiger partial charge in [-0.25, -0.2) is 4.98 Å². The molecule has 1 aromatic carbocycles. The van der Waals surface area contributed by atoms with Crippen molar-refractivity contribution in [3.05, 3.63) is 83.6 Å². The summed E-state index contributed by atoms with van der Waals surface area (Å²) in [6, 6.07) is 5.36. The van der Waals surface area contributed by atoms with Crippen LogP contribution in [0.1, 0.15) is 40.2 Å². The van der Waals surface area contributed by atoms with E-state index in [0.29, 0.717) is 11.8 Å². The Hall–Kier alpha value is -4.16. The Balaban J connectivity index is 1.54. The van der Waals surface area contributed by atoms with Gasteiger partial charge in [0, 0.05) is 12.4 Å². The van der Waals surface area contributed by atoms with Gasteiger partial charge >= 0.3 is 12.4 Å². The van der Waals surface area contributed by atoms with Gasteiger partial charge in [0.05, 0.1) is 35.2 Å². The first-order chi connectivity index (χ1) is 16.4. The van der Waals surface area contributed by atoms with Crippen LogP contribution >= 0.6 is 0 Å². The number of alkyl halides is 6. The molecule has 1 atom stereocenters. The van der Waals surface area contributed by atoms with E-state index in [4.69, 9.17) is 4.42 Å². The molecule has 0 fully saturated rings. The number of amides is 1. The first-order valence-electron chi connectivity index (χ1n) is 9.94. The quantitative estimate of drug-likeness (QED) is 0.352. The number of halogens is 6. The summed E-state index contributed by atoms with van der Waals surface area (Å²) in [6.07, 6.45) is -4.81. The predicted octanol–water partition coefficient (Wildman–Crippen LogP) is 5.83. The van der Waals surface area contributed by atoms with E-state index < -0.39 is 41.0 Å². The van der Waals surface area contributed by atoms with Gasteiger partial charge in [0.2, 0.25) is 11.7 Å². The van der Waals surface area contributed by atoms with Crippen molar-refractivity contribution >= 4 is 11.6 Å². The predicted molar refractivity (Wildman–Crippen MR) is 110 cm³/mol. The molecule has 0 aliphatic carbocycles. The van der Waals surface area contributed by atoms with Crippen LogP contribution in [0.3, 0.4) is 0 Å². The summed E-state index contributed by atoms with van der Waals surface area (Å²) >= 11 is 0. The molecule has 4 aromatic rings. The molecule has 13 heteroatoms. The van der Waals surface area contributed by atoms with E-state index in [2.05, 4.69) is 20.4 Å². The van der Waals surface area contributed by atoms with Crippen molar-refractivity contribution in [2.45, 2.75) is 25.3 Å². The van der Waals surface area contributed by atoms with Gasteiger partial charge < -0.3 is 9.73 Å². The van der Waals surface area contributed by atoms with E-state index in [1.165, 1.54) is 31.7 Å². The van der Waals surface area contributed by atoms with E-state index in [0.717, 1.165) is 10.7 Å². The number of hydrogen-bond acceptors (Lipinski definition) is 5. The van der Waals surface area contributed by atoms with Gasteiger partial charge in [-0.1, -0.05) is 12.1 Å². The van der Waals surface area contributed by atoms with Crippen molar-refractivity contribution in [3.63, 3.8) is 0 Å². The standard InChI is InChI=1S/C22H15F6N5O2/c1-12(15-6-5-13(21(23,24)25)8-16(15)22(26,27)28)33-11-14(9-31-33)32-19(34)18-10-30-20(35-18)17-4-2-3-7-29-17/h2-12H,1H3,(H,32,34). The third-order valence-electron chi connectivity index (χ3n) is 5.01. The second-order valence-electron chi connectivity index (χ2n) is 7.38. The highest BCUT2D eigenvalue weighted by molar-refractivity contribution is 6.02. The summed E-state index contributed by atoms with van der Waals surface area (Å²) in [7, 11) is 0. The van der Waals surface area contributed by atoms with Crippen molar-refractivity contribution < 1.29 is 35.6 Å². The largest absolute Gasteiger partial charge is 0.429 e. The highest BCUT2D eigenvalue weighted by atomic mass is 19.4. The number of pyridine rings is 1. The second kappa shape index (κ2) is 8.89. The molecule has 4 rings (SSSR count). The molecular formula is C22H15F6N5O2. The molecule has 7 nitrogen and oxygen atoms in total. The van der Waals surface area contributed by atoms with E-state index in [1.807, 2.05) is 0 Å². The molecular weight excluding hydrogens is 480 g/mol. The number of nitrogens with zero attached hydrogens (tertiary/aromatic N) is 4. The average molecular weight is 495 g/mol. The van der Waals surface area contributed by atoms with Gasteiger partial charge in [0.25, 0.3) is 5.91 Å². The zero-order chi connectivity index (χ0) is 25.4. The van der Waals surface area contributed by atoms with E-state index in [9.17, 15) is 31.1 Å². The van der Waals surface area contributed by atoms with Crippen molar-refractivity contribution in [2.24, 2.45) is 0 Å². The van der Waals surface area contributed by atoms with Crippen LogP contribution in [0.15, 0.2) is 65.6 Å². The Morgan fingerprint density at radius 3 is 2.46 bits per heavy atom. The van der Waals surface area contributed by atoms with Crippen LogP contribution < -0.4 is 5.32 Å². The highest BCUT2D eigenvalue weighted by Crippen LogP contribution is 2.39. The molecule has 1 amide bonds. The van der Waals surface area contributed by atoms with Crippen molar-refractivity contribution in [1.29, 1.82) is 0 Å². The van der Waals surface area contributed by atoms with E-state index in [-0.39, 0.29) is 23.4 Å². The Labute approximate surface area is 193 Å². The summed E-state index contributed by atoms with van der Waals surface area (Å²) < 4.78 is 85.8. The molecule has 1 N–H and O–H groups in total. The van der Waals surface area contributed by atoms with Crippen LogP contribution in [0.25, 0.3) is 11.6 Å². The number of carbonyl (C=O) groups excluding carboxylic acids is 1. The van der Waals surface area contributed by atoms with Crippen LogP contribution in [0, 0.1) is 0 Å². The average Bonchev–Trinajstić information content (AvgIpc) is 3.48. The van der Waals surface area contributed by atoms with Crippen LogP contribution in [0.4, 0.5) is 32.0 Å². The third kappa shape index (κ3) is 5.18. The fraction of sp³-hybridized carbons (Fsp3) is 0.182. The lowest BCUT2D eigenvalue weighted by atomic mass is 9.98. The van der Waals surface area contributed by atoms with Crippen LogP contribution in [0.2, 0.25) is 0 Å². The van der Waals surface area contributed by atoms with Gasteiger partial charge in [-0.3, -0.25) is 14.5 Å². The molecule has 1 unspecified atom stereocenters. The maximum absolute atomic E-state index is 13.5. The zero-order valence-electron chi connectivity index (χ0n) is 17.7. The minimum atomic E-state index is -5.02. The third-order valence-corrected chi connectivity index (χ3v) is 5.01. The minimum absolute atomic E-state index is 0.0705. The fourth-order valence-corrected chi connectivity index (χ4v) is 3.28. The smallest absolute Gasteiger partial charge is 0.416 e. The van der Waals surface area contributed by atoms with Gasteiger partial charge in [-0.2, -0.15) is 31.4 Å². The minimum Gasteiger partial charge on any atom is -0.429 e. The molecule has 3 aromatic heterocycles. The topological polar surface area (TPSA) is 85.8 Å². The zero-order valence-corrected chi connectivity index (χ0v) is 17.7. The molecule has 0 aliphatic heterocycles. The highest BCUT2D eigenvalue weighted by Gasteiger charge is 2.39. The van der Waals surface area contributed by atoms with Crippen LogP contribution in [0.5, 0.6) is 0 Å².